The highest BCUT2D eigenvalue weighted by Gasteiger charge is 2.32. The minimum Gasteiger partial charge on any atom is -0.396 e. The molecule has 2 aliphatic heterocycles. The summed E-state index contributed by atoms with van der Waals surface area (Å²) in [6.45, 7) is 1.77. The highest BCUT2D eigenvalue weighted by atomic mass is 16.5. The number of nitrogens with one attached hydrogen (secondary N) is 1. The number of rotatable bonds is 2. The highest BCUT2D eigenvalue weighted by Crippen LogP contribution is 2.23. The summed E-state index contributed by atoms with van der Waals surface area (Å²) < 4.78 is 5.37. The summed E-state index contributed by atoms with van der Waals surface area (Å²) in [6.07, 6.45) is 0.667. The van der Waals surface area contributed by atoms with Crippen molar-refractivity contribution in [1.82, 2.24) is 15.1 Å². The molecule has 2 aliphatic rings. The number of aromatic amines is 1. The van der Waals surface area contributed by atoms with Crippen molar-refractivity contribution < 1.29 is 19.7 Å². The summed E-state index contributed by atoms with van der Waals surface area (Å²) in [6, 6.07) is 0. The van der Waals surface area contributed by atoms with E-state index >= 15 is 0 Å². The molecule has 0 aliphatic carbocycles. The molecule has 110 valence electrons. The average Bonchev–Trinajstić information content (AvgIpc) is 2.90. The van der Waals surface area contributed by atoms with Gasteiger partial charge in [0, 0.05) is 43.3 Å². The zero-order valence-electron chi connectivity index (χ0n) is 11.2. The second-order valence-electron chi connectivity index (χ2n) is 5.38. The molecule has 7 heteroatoms. The van der Waals surface area contributed by atoms with Crippen molar-refractivity contribution in [2.75, 3.05) is 26.3 Å². The van der Waals surface area contributed by atoms with Crippen molar-refractivity contribution in [2.24, 2.45) is 5.92 Å². The molecule has 0 radical (unpaired) electrons. The summed E-state index contributed by atoms with van der Waals surface area (Å²) in [5, 5.41) is 26.1. The van der Waals surface area contributed by atoms with Crippen LogP contribution in [0, 0.1) is 5.92 Å². The first kappa shape index (κ1) is 13.5. The Hall–Kier alpha value is -1.44. The van der Waals surface area contributed by atoms with Crippen LogP contribution in [0.5, 0.6) is 0 Å². The molecule has 1 aromatic heterocycles. The van der Waals surface area contributed by atoms with E-state index in [1.807, 2.05) is 0 Å². The van der Waals surface area contributed by atoms with Crippen LogP contribution in [0.3, 0.4) is 0 Å². The Labute approximate surface area is 116 Å². The van der Waals surface area contributed by atoms with Crippen molar-refractivity contribution >= 4 is 5.91 Å². The van der Waals surface area contributed by atoms with Crippen LogP contribution >= 0.6 is 0 Å². The van der Waals surface area contributed by atoms with Gasteiger partial charge in [-0.3, -0.25) is 9.89 Å². The maximum absolute atomic E-state index is 12.5. The van der Waals surface area contributed by atoms with E-state index in [9.17, 15) is 9.90 Å². The molecule has 1 saturated heterocycles. The number of amides is 1. The van der Waals surface area contributed by atoms with E-state index in [4.69, 9.17) is 9.84 Å². The zero-order valence-corrected chi connectivity index (χ0v) is 11.2. The number of β-amino-alcohol motifs (C(OH)–C–C–N with tert-alkyl or cyclic N) is 1. The zero-order chi connectivity index (χ0) is 14.1. The van der Waals surface area contributed by atoms with Crippen LogP contribution in [0.4, 0.5) is 0 Å². The molecular formula is C13H19N3O4. The molecule has 20 heavy (non-hydrogen) atoms. The molecule has 3 heterocycles. The predicted molar refractivity (Wildman–Crippen MR) is 69.1 cm³/mol. The fourth-order valence-corrected chi connectivity index (χ4v) is 2.82. The highest BCUT2D eigenvalue weighted by molar-refractivity contribution is 5.94. The Kier molecular flexibility index (Phi) is 3.73. The predicted octanol–water partition coefficient (Wildman–Crippen LogP) is -0.702. The number of hydrogen-bond acceptors (Lipinski definition) is 5. The topological polar surface area (TPSA) is 98.7 Å². The van der Waals surface area contributed by atoms with Crippen LogP contribution in [-0.2, 0) is 17.8 Å². The fourth-order valence-electron chi connectivity index (χ4n) is 2.82. The SMILES string of the molecule is O=C(c1n[nH]c2c1COCC2)N1CC[C@H](CO)[C@H](O)C1. The van der Waals surface area contributed by atoms with Crippen molar-refractivity contribution in [3.05, 3.63) is 17.0 Å². The number of aliphatic hydroxyl groups is 2. The van der Waals surface area contributed by atoms with E-state index in [0.29, 0.717) is 31.9 Å². The molecule has 0 aromatic carbocycles. The average molecular weight is 281 g/mol. The third kappa shape index (κ3) is 2.32. The number of carbonyl (C=O) groups excluding carboxylic acids is 1. The van der Waals surface area contributed by atoms with Gasteiger partial charge in [-0.2, -0.15) is 5.10 Å². The third-order valence-corrected chi connectivity index (χ3v) is 4.14. The lowest BCUT2D eigenvalue weighted by Crippen LogP contribution is -2.47. The first-order valence-corrected chi connectivity index (χ1v) is 6.92. The van der Waals surface area contributed by atoms with Crippen LogP contribution in [0.25, 0.3) is 0 Å². The molecule has 1 aromatic rings. The van der Waals surface area contributed by atoms with Crippen LogP contribution in [0.15, 0.2) is 0 Å². The van der Waals surface area contributed by atoms with Crippen molar-refractivity contribution in [1.29, 1.82) is 0 Å². The van der Waals surface area contributed by atoms with Gasteiger partial charge in [-0.05, 0) is 6.42 Å². The molecular weight excluding hydrogens is 262 g/mol. The van der Waals surface area contributed by atoms with Crippen molar-refractivity contribution in [3.8, 4) is 0 Å². The maximum atomic E-state index is 12.5. The summed E-state index contributed by atoms with van der Waals surface area (Å²) in [5.74, 6) is -0.320. The number of carbonyl (C=O) groups is 1. The molecule has 7 nitrogen and oxygen atoms in total. The number of ether oxygens (including phenoxy) is 1. The number of fused-ring (bicyclic) bond motifs is 1. The van der Waals surface area contributed by atoms with Crippen molar-refractivity contribution in [2.45, 2.75) is 25.6 Å². The number of aromatic nitrogens is 2. The lowest BCUT2D eigenvalue weighted by Gasteiger charge is -2.34. The third-order valence-electron chi connectivity index (χ3n) is 4.14. The minimum absolute atomic E-state index is 0.0468. The maximum Gasteiger partial charge on any atom is 0.274 e. The van der Waals surface area contributed by atoms with Crippen LogP contribution in [0.2, 0.25) is 0 Å². The van der Waals surface area contributed by atoms with Gasteiger partial charge >= 0.3 is 0 Å². The Balaban J connectivity index is 1.75. The molecule has 3 rings (SSSR count). The fraction of sp³-hybridized carbons (Fsp3) is 0.692. The van der Waals surface area contributed by atoms with Gasteiger partial charge in [0.1, 0.15) is 0 Å². The summed E-state index contributed by atoms with van der Waals surface area (Å²) in [4.78, 5) is 14.1. The van der Waals surface area contributed by atoms with Gasteiger partial charge in [0.25, 0.3) is 5.91 Å². The van der Waals surface area contributed by atoms with Gasteiger partial charge < -0.3 is 19.8 Å². The lowest BCUT2D eigenvalue weighted by molar-refractivity contribution is 0.000481. The van der Waals surface area contributed by atoms with Gasteiger partial charge in [-0.1, -0.05) is 0 Å². The van der Waals surface area contributed by atoms with Gasteiger partial charge in [0.2, 0.25) is 0 Å². The molecule has 1 fully saturated rings. The van der Waals surface area contributed by atoms with E-state index in [0.717, 1.165) is 17.7 Å². The summed E-state index contributed by atoms with van der Waals surface area (Å²) >= 11 is 0. The molecule has 0 unspecified atom stereocenters. The Bertz CT molecular complexity index is 502. The van der Waals surface area contributed by atoms with Crippen LogP contribution in [-0.4, -0.2) is 63.6 Å². The standard InChI is InChI=1S/C13H19N3O4/c17-6-8-1-3-16(5-11(8)18)13(19)12-9-7-20-4-2-10(9)14-15-12/h8,11,17-18H,1-7H2,(H,14,15)/t8-,11-/m1/s1. The van der Waals surface area contributed by atoms with E-state index in [1.54, 1.807) is 4.90 Å². The van der Waals surface area contributed by atoms with Gasteiger partial charge in [-0.25, -0.2) is 0 Å². The van der Waals surface area contributed by atoms with Crippen molar-refractivity contribution in [3.63, 3.8) is 0 Å². The Morgan fingerprint density at radius 2 is 2.40 bits per heavy atom. The molecule has 3 N–H and O–H groups in total. The minimum atomic E-state index is -0.677. The summed E-state index contributed by atoms with van der Waals surface area (Å²) in [7, 11) is 0. The number of likely N-dealkylation sites (tertiary alicyclic amines) is 1. The molecule has 1 amide bonds. The quantitative estimate of drug-likeness (QED) is 0.665. The number of aliphatic hydroxyl groups excluding tert-OH is 2. The first-order valence-electron chi connectivity index (χ1n) is 6.92. The number of hydrogen-bond donors (Lipinski definition) is 3. The Morgan fingerprint density at radius 3 is 3.15 bits per heavy atom. The van der Waals surface area contributed by atoms with E-state index < -0.39 is 6.10 Å². The monoisotopic (exact) mass is 281 g/mol. The largest absolute Gasteiger partial charge is 0.396 e. The molecule has 0 bridgehead atoms. The number of nitrogens with zero attached hydrogens (tertiary/aromatic N) is 2. The van der Waals surface area contributed by atoms with Crippen LogP contribution in [0.1, 0.15) is 28.2 Å². The van der Waals surface area contributed by atoms with E-state index in [1.165, 1.54) is 0 Å². The number of H-pyrrole nitrogens is 1. The molecule has 0 saturated carbocycles. The van der Waals surface area contributed by atoms with E-state index in [2.05, 4.69) is 10.2 Å². The summed E-state index contributed by atoms with van der Waals surface area (Å²) in [5.41, 5.74) is 2.19. The lowest BCUT2D eigenvalue weighted by atomic mass is 9.94. The van der Waals surface area contributed by atoms with E-state index in [-0.39, 0.29) is 25.0 Å². The Morgan fingerprint density at radius 1 is 1.55 bits per heavy atom. The second-order valence-corrected chi connectivity index (χ2v) is 5.38. The van der Waals surface area contributed by atoms with Gasteiger partial charge in [-0.15, -0.1) is 0 Å². The smallest absolute Gasteiger partial charge is 0.274 e. The van der Waals surface area contributed by atoms with Gasteiger partial charge in [0.05, 0.1) is 19.3 Å². The number of piperidine rings is 1. The molecule has 0 spiro atoms. The molecule has 2 atom stereocenters. The first-order chi connectivity index (χ1) is 9.70. The normalized spacial score (nSPS) is 26.4. The van der Waals surface area contributed by atoms with Gasteiger partial charge in [0.15, 0.2) is 5.69 Å². The second kappa shape index (κ2) is 5.51. The van der Waals surface area contributed by atoms with Crippen LogP contribution < -0.4 is 0 Å².